The van der Waals surface area contributed by atoms with E-state index in [0.29, 0.717) is 23.1 Å². The first-order valence-corrected chi connectivity index (χ1v) is 9.82. The van der Waals surface area contributed by atoms with Crippen molar-refractivity contribution >= 4 is 9.84 Å². The minimum absolute atomic E-state index is 0.121. The van der Waals surface area contributed by atoms with E-state index < -0.39 is 9.84 Å². The van der Waals surface area contributed by atoms with Crippen LogP contribution in [-0.2, 0) is 9.84 Å². The van der Waals surface area contributed by atoms with E-state index in [0.717, 1.165) is 31.6 Å². The smallest absolute Gasteiger partial charge is 0.179 e. The summed E-state index contributed by atoms with van der Waals surface area (Å²) in [5, 5.41) is 7.04. The minimum Gasteiger partial charge on any atom is -0.497 e. The van der Waals surface area contributed by atoms with Crippen LogP contribution in [0.15, 0.2) is 41.4 Å². The molecular formula is C17H23N3O3S. The molecule has 2 aromatic rings. The molecule has 6 nitrogen and oxygen atoms in total. The molecule has 0 radical (unpaired) electrons. The second-order valence-electron chi connectivity index (χ2n) is 6.15. The Morgan fingerprint density at radius 2 is 2.25 bits per heavy atom. The zero-order valence-electron chi connectivity index (χ0n) is 13.8. The maximum atomic E-state index is 12.6. The number of rotatable bonds is 6. The molecule has 1 atom stereocenters. The Balaban J connectivity index is 1.61. The van der Waals surface area contributed by atoms with Gasteiger partial charge in [0.2, 0.25) is 0 Å². The number of nitrogens with one attached hydrogen (secondary N) is 1. The van der Waals surface area contributed by atoms with Gasteiger partial charge in [0, 0.05) is 30.9 Å². The van der Waals surface area contributed by atoms with Gasteiger partial charge in [-0.05, 0) is 43.7 Å². The van der Waals surface area contributed by atoms with Crippen molar-refractivity contribution in [2.75, 3.05) is 32.5 Å². The van der Waals surface area contributed by atoms with Gasteiger partial charge in [0.25, 0.3) is 0 Å². The Hall–Kier alpha value is -1.86. The highest BCUT2D eigenvalue weighted by molar-refractivity contribution is 7.91. The Kier molecular flexibility index (Phi) is 5.20. The van der Waals surface area contributed by atoms with Crippen molar-refractivity contribution in [3.8, 4) is 5.75 Å². The fourth-order valence-electron chi connectivity index (χ4n) is 3.17. The van der Waals surface area contributed by atoms with Crippen LogP contribution in [0.2, 0.25) is 0 Å². The molecule has 24 heavy (non-hydrogen) atoms. The quantitative estimate of drug-likeness (QED) is 0.864. The van der Waals surface area contributed by atoms with Crippen molar-refractivity contribution in [2.24, 2.45) is 0 Å². The van der Waals surface area contributed by atoms with E-state index in [1.165, 1.54) is 7.11 Å². The van der Waals surface area contributed by atoms with Crippen molar-refractivity contribution in [3.05, 3.63) is 42.2 Å². The molecule has 1 aliphatic heterocycles. The molecule has 0 bridgehead atoms. The third-order valence-electron chi connectivity index (χ3n) is 4.54. The highest BCUT2D eigenvalue weighted by Gasteiger charge is 2.24. The van der Waals surface area contributed by atoms with Crippen molar-refractivity contribution in [3.63, 3.8) is 0 Å². The molecule has 0 spiro atoms. The number of likely N-dealkylation sites (tertiary alicyclic amines) is 1. The van der Waals surface area contributed by atoms with Crippen LogP contribution >= 0.6 is 0 Å². The van der Waals surface area contributed by atoms with Gasteiger partial charge in [-0.2, -0.15) is 5.10 Å². The largest absolute Gasteiger partial charge is 0.497 e. The van der Waals surface area contributed by atoms with Crippen LogP contribution in [0, 0.1) is 0 Å². The molecule has 1 aromatic heterocycles. The molecule has 3 rings (SSSR count). The lowest BCUT2D eigenvalue weighted by molar-refractivity contribution is 0.217. The first kappa shape index (κ1) is 17.0. The molecule has 130 valence electrons. The Labute approximate surface area is 142 Å². The number of ether oxygens (including phenoxy) is 1. The molecule has 0 amide bonds. The fraction of sp³-hybridized carbons (Fsp3) is 0.471. The van der Waals surface area contributed by atoms with Gasteiger partial charge in [-0.1, -0.05) is 6.07 Å². The zero-order valence-corrected chi connectivity index (χ0v) is 14.6. The fourth-order valence-corrected chi connectivity index (χ4v) is 4.48. The van der Waals surface area contributed by atoms with Gasteiger partial charge < -0.3 is 9.64 Å². The van der Waals surface area contributed by atoms with E-state index >= 15 is 0 Å². The third-order valence-corrected chi connectivity index (χ3v) is 6.24. The van der Waals surface area contributed by atoms with E-state index in [2.05, 4.69) is 15.1 Å². The van der Waals surface area contributed by atoms with Crippen molar-refractivity contribution < 1.29 is 13.2 Å². The number of H-pyrrole nitrogens is 1. The summed E-state index contributed by atoms with van der Waals surface area (Å²) in [6.45, 7) is 2.36. The van der Waals surface area contributed by atoms with E-state index in [-0.39, 0.29) is 5.75 Å². The van der Waals surface area contributed by atoms with Crippen LogP contribution in [0.1, 0.15) is 24.5 Å². The van der Waals surface area contributed by atoms with Crippen molar-refractivity contribution in [1.29, 1.82) is 0 Å². The summed E-state index contributed by atoms with van der Waals surface area (Å²) in [5.41, 5.74) is 1.13. The molecule has 2 heterocycles. The van der Waals surface area contributed by atoms with Gasteiger partial charge in [0.15, 0.2) is 9.84 Å². The second-order valence-corrected chi connectivity index (χ2v) is 8.26. The summed E-state index contributed by atoms with van der Waals surface area (Å²) in [4.78, 5) is 2.55. The molecule has 1 N–H and O–H groups in total. The van der Waals surface area contributed by atoms with Crippen LogP contribution < -0.4 is 4.74 Å². The molecule has 7 heteroatoms. The first-order valence-electron chi connectivity index (χ1n) is 8.17. The number of nitrogens with zero attached hydrogens (tertiary/aromatic N) is 2. The summed E-state index contributed by atoms with van der Waals surface area (Å²) in [5.74, 6) is 1.09. The van der Waals surface area contributed by atoms with Gasteiger partial charge in [-0.15, -0.1) is 0 Å². The van der Waals surface area contributed by atoms with Crippen LogP contribution in [0.5, 0.6) is 5.75 Å². The van der Waals surface area contributed by atoms with E-state index in [9.17, 15) is 8.42 Å². The normalized spacial score (nSPS) is 19.3. The summed E-state index contributed by atoms with van der Waals surface area (Å²) < 4.78 is 30.2. The molecular weight excluding hydrogens is 326 g/mol. The van der Waals surface area contributed by atoms with E-state index in [1.807, 2.05) is 6.07 Å². The Morgan fingerprint density at radius 1 is 1.38 bits per heavy atom. The van der Waals surface area contributed by atoms with Gasteiger partial charge in [-0.3, -0.25) is 5.10 Å². The maximum absolute atomic E-state index is 12.6. The Morgan fingerprint density at radius 3 is 3.00 bits per heavy atom. The average Bonchev–Trinajstić information content (AvgIpc) is 3.15. The van der Waals surface area contributed by atoms with Crippen LogP contribution in [-0.4, -0.2) is 56.0 Å². The zero-order chi connectivity index (χ0) is 17.0. The van der Waals surface area contributed by atoms with E-state index in [1.54, 1.807) is 30.5 Å². The Bertz CT molecular complexity index is 759. The lowest BCUT2D eigenvalue weighted by atomic mass is 9.95. The van der Waals surface area contributed by atoms with Gasteiger partial charge in [-0.25, -0.2) is 8.42 Å². The summed E-state index contributed by atoms with van der Waals surface area (Å²) in [7, 11) is -1.77. The number of benzene rings is 1. The molecule has 1 saturated heterocycles. The van der Waals surface area contributed by atoms with Crippen LogP contribution in [0.3, 0.4) is 0 Å². The molecule has 1 fully saturated rings. The predicted molar refractivity (Wildman–Crippen MR) is 92.0 cm³/mol. The second kappa shape index (κ2) is 7.36. The SMILES string of the molecule is COc1cccc(S(=O)(=O)CCN2CCC[C@H](c3ccn[nH]3)C2)c1. The van der Waals surface area contributed by atoms with Gasteiger partial charge in [0.1, 0.15) is 5.75 Å². The summed E-state index contributed by atoms with van der Waals surface area (Å²) in [6, 6.07) is 8.67. The number of aromatic nitrogens is 2. The number of aromatic amines is 1. The monoisotopic (exact) mass is 349 g/mol. The molecule has 0 unspecified atom stereocenters. The highest BCUT2D eigenvalue weighted by Crippen LogP contribution is 2.25. The van der Waals surface area contributed by atoms with Crippen LogP contribution in [0.25, 0.3) is 0 Å². The van der Waals surface area contributed by atoms with E-state index in [4.69, 9.17) is 4.74 Å². The standard InChI is InChI=1S/C17H23N3O3S/c1-23-15-5-2-6-16(12-15)24(21,22)11-10-20-9-3-4-14(13-20)17-7-8-18-19-17/h2,5-8,12,14H,3-4,9-11,13H2,1H3,(H,18,19)/t14-/m0/s1. The third kappa shape index (κ3) is 3.96. The lowest BCUT2D eigenvalue weighted by Gasteiger charge is -2.32. The average molecular weight is 349 g/mol. The number of methoxy groups -OCH3 is 1. The minimum atomic E-state index is -3.31. The predicted octanol–water partition coefficient (Wildman–Crippen LogP) is 2.07. The summed E-state index contributed by atoms with van der Waals surface area (Å²) in [6.07, 6.45) is 3.95. The van der Waals surface area contributed by atoms with Gasteiger partial charge >= 0.3 is 0 Å². The highest BCUT2D eigenvalue weighted by atomic mass is 32.2. The number of piperidine rings is 1. The summed E-state index contributed by atoms with van der Waals surface area (Å²) >= 11 is 0. The topological polar surface area (TPSA) is 75.3 Å². The number of sulfone groups is 1. The van der Waals surface area contributed by atoms with Crippen molar-refractivity contribution in [1.82, 2.24) is 15.1 Å². The maximum Gasteiger partial charge on any atom is 0.179 e. The van der Waals surface area contributed by atoms with Crippen molar-refractivity contribution in [2.45, 2.75) is 23.7 Å². The molecule has 0 aliphatic carbocycles. The lowest BCUT2D eigenvalue weighted by Crippen LogP contribution is -2.37. The van der Waals surface area contributed by atoms with Gasteiger partial charge in [0.05, 0.1) is 17.8 Å². The molecule has 1 aliphatic rings. The molecule has 0 saturated carbocycles. The van der Waals surface area contributed by atoms with Crippen LogP contribution in [0.4, 0.5) is 0 Å². The number of hydrogen-bond acceptors (Lipinski definition) is 5. The number of hydrogen-bond donors (Lipinski definition) is 1. The molecule has 1 aromatic carbocycles. The first-order chi connectivity index (χ1) is 11.6.